The Balaban J connectivity index is 1.60. The predicted molar refractivity (Wildman–Crippen MR) is 97.4 cm³/mol. The van der Waals surface area contributed by atoms with Crippen LogP contribution >= 0.6 is 0 Å². The molecule has 0 N–H and O–H groups in total. The Morgan fingerprint density at radius 1 is 1.00 bits per heavy atom. The number of piperidine rings is 1. The molecule has 1 aliphatic carbocycles. The summed E-state index contributed by atoms with van der Waals surface area (Å²) in [5, 5.41) is 0. The van der Waals surface area contributed by atoms with Crippen molar-refractivity contribution in [2.45, 2.75) is 30.6 Å². The molecule has 1 amide bonds. The molecule has 4 rings (SSSR count). The molecule has 2 aliphatic heterocycles. The summed E-state index contributed by atoms with van der Waals surface area (Å²) in [6.07, 6.45) is 4.47. The summed E-state index contributed by atoms with van der Waals surface area (Å²) in [5.41, 5.74) is 0.281. The van der Waals surface area contributed by atoms with Crippen LogP contribution in [0.25, 0.3) is 0 Å². The third-order valence-electron chi connectivity index (χ3n) is 5.74. The smallest absolute Gasteiger partial charge is 0.255 e. The lowest BCUT2D eigenvalue weighted by atomic mass is 9.95. The van der Waals surface area contributed by atoms with Crippen molar-refractivity contribution in [3.8, 4) is 0 Å². The van der Waals surface area contributed by atoms with Crippen LogP contribution in [0.5, 0.6) is 0 Å². The Labute approximate surface area is 155 Å². The molecule has 1 saturated carbocycles. The van der Waals surface area contributed by atoms with Crippen molar-refractivity contribution in [1.82, 2.24) is 9.21 Å². The highest BCUT2D eigenvalue weighted by Crippen LogP contribution is 2.41. The first-order chi connectivity index (χ1) is 12.6. The number of hydrogen-bond donors (Lipinski definition) is 0. The van der Waals surface area contributed by atoms with Crippen LogP contribution in [0.1, 0.15) is 36.0 Å². The van der Waals surface area contributed by atoms with Crippen molar-refractivity contribution < 1.29 is 17.9 Å². The van der Waals surface area contributed by atoms with Crippen LogP contribution in [-0.4, -0.2) is 62.9 Å². The molecule has 1 aromatic rings. The minimum atomic E-state index is -3.66. The summed E-state index contributed by atoms with van der Waals surface area (Å²) in [6, 6.07) is 6.64. The van der Waals surface area contributed by atoms with Gasteiger partial charge in [0.2, 0.25) is 10.0 Å². The van der Waals surface area contributed by atoms with Gasteiger partial charge in [-0.15, -0.1) is 0 Å². The summed E-state index contributed by atoms with van der Waals surface area (Å²) in [5.74, 6) is 0.946. The minimum Gasteiger partial charge on any atom is -0.378 e. The molecule has 2 heterocycles. The Morgan fingerprint density at radius 3 is 2.46 bits per heavy atom. The normalized spacial score (nSPS) is 25.2. The van der Waals surface area contributed by atoms with Gasteiger partial charge in [0.25, 0.3) is 5.91 Å². The highest BCUT2D eigenvalue weighted by molar-refractivity contribution is 7.89. The molecule has 142 valence electrons. The Hall–Kier alpha value is -1.44. The second-order valence-electron chi connectivity index (χ2n) is 7.50. The van der Waals surface area contributed by atoms with Crippen LogP contribution in [0.15, 0.2) is 29.2 Å². The quantitative estimate of drug-likeness (QED) is 0.803. The van der Waals surface area contributed by atoms with Crippen LogP contribution in [0.3, 0.4) is 0 Å². The van der Waals surface area contributed by atoms with Gasteiger partial charge in [0.15, 0.2) is 0 Å². The van der Waals surface area contributed by atoms with Crippen LogP contribution in [0, 0.1) is 11.8 Å². The molecule has 0 spiro atoms. The summed E-state index contributed by atoms with van der Waals surface area (Å²) < 4.78 is 33.5. The van der Waals surface area contributed by atoms with Crippen molar-refractivity contribution in [2.24, 2.45) is 11.8 Å². The zero-order chi connectivity index (χ0) is 18.1. The Bertz CT molecular complexity index is 769. The second kappa shape index (κ2) is 7.29. The van der Waals surface area contributed by atoms with E-state index in [0.717, 1.165) is 12.8 Å². The molecular weight excluding hydrogens is 352 g/mol. The van der Waals surface area contributed by atoms with Gasteiger partial charge in [-0.1, -0.05) is 12.1 Å². The molecule has 6 nitrogen and oxygen atoms in total. The molecule has 3 aliphatic rings. The lowest BCUT2D eigenvalue weighted by Crippen LogP contribution is -2.43. The van der Waals surface area contributed by atoms with Crippen molar-refractivity contribution >= 4 is 15.9 Å². The molecule has 0 radical (unpaired) electrons. The maximum atomic E-state index is 13.3. The first kappa shape index (κ1) is 17.9. The molecule has 26 heavy (non-hydrogen) atoms. The number of rotatable bonds is 4. The average molecular weight is 378 g/mol. The van der Waals surface area contributed by atoms with E-state index in [1.165, 1.54) is 12.8 Å². The average Bonchev–Trinajstić information content (AvgIpc) is 3.53. The van der Waals surface area contributed by atoms with E-state index in [-0.39, 0.29) is 16.4 Å². The van der Waals surface area contributed by atoms with E-state index in [2.05, 4.69) is 0 Å². The Kier molecular flexibility index (Phi) is 5.03. The van der Waals surface area contributed by atoms with Gasteiger partial charge >= 0.3 is 0 Å². The van der Waals surface area contributed by atoms with Gasteiger partial charge in [-0.2, -0.15) is 4.31 Å². The topological polar surface area (TPSA) is 66.9 Å². The van der Waals surface area contributed by atoms with Crippen molar-refractivity contribution in [3.05, 3.63) is 29.8 Å². The maximum Gasteiger partial charge on any atom is 0.255 e. The van der Waals surface area contributed by atoms with Crippen molar-refractivity contribution in [3.63, 3.8) is 0 Å². The first-order valence-electron chi connectivity index (χ1n) is 9.53. The highest BCUT2D eigenvalue weighted by Gasteiger charge is 2.39. The van der Waals surface area contributed by atoms with E-state index in [1.807, 2.05) is 0 Å². The van der Waals surface area contributed by atoms with E-state index >= 15 is 0 Å². The van der Waals surface area contributed by atoms with Gasteiger partial charge in [0.05, 0.1) is 23.7 Å². The summed E-state index contributed by atoms with van der Waals surface area (Å²) in [7, 11) is -3.66. The van der Waals surface area contributed by atoms with Gasteiger partial charge in [0, 0.05) is 26.2 Å². The molecule has 1 atom stereocenters. The molecule has 1 unspecified atom stereocenters. The van der Waals surface area contributed by atoms with E-state index in [4.69, 9.17) is 4.74 Å². The fraction of sp³-hybridized carbons (Fsp3) is 0.632. The largest absolute Gasteiger partial charge is 0.378 e. The standard InChI is InChI=1S/C19H26N2O4S/c22-19(20-10-12-25-13-11-20)17-5-1-2-6-18(17)26(23,24)21-9-3-4-16(14-21)15-7-8-15/h1-2,5-6,15-16H,3-4,7-14H2. The van der Waals surface area contributed by atoms with Gasteiger partial charge in [0.1, 0.15) is 0 Å². The van der Waals surface area contributed by atoms with Crippen LogP contribution in [-0.2, 0) is 14.8 Å². The fourth-order valence-electron chi connectivity index (χ4n) is 4.09. The van der Waals surface area contributed by atoms with E-state index in [0.29, 0.717) is 51.2 Å². The molecule has 2 saturated heterocycles. The molecule has 0 aromatic heterocycles. The number of benzene rings is 1. The number of carbonyl (C=O) groups is 1. The minimum absolute atomic E-state index is 0.146. The number of hydrogen-bond acceptors (Lipinski definition) is 4. The third kappa shape index (κ3) is 3.52. The molecule has 7 heteroatoms. The Morgan fingerprint density at radius 2 is 1.73 bits per heavy atom. The molecule has 0 bridgehead atoms. The predicted octanol–water partition coefficient (Wildman–Crippen LogP) is 1.97. The van der Waals surface area contributed by atoms with Crippen molar-refractivity contribution in [1.29, 1.82) is 0 Å². The number of ether oxygens (including phenoxy) is 1. The lowest BCUT2D eigenvalue weighted by molar-refractivity contribution is 0.0300. The van der Waals surface area contributed by atoms with Gasteiger partial charge in [-0.05, 0) is 49.7 Å². The van der Waals surface area contributed by atoms with E-state index < -0.39 is 10.0 Å². The monoisotopic (exact) mass is 378 g/mol. The van der Waals surface area contributed by atoms with Crippen LogP contribution in [0.2, 0.25) is 0 Å². The van der Waals surface area contributed by atoms with E-state index in [9.17, 15) is 13.2 Å². The maximum absolute atomic E-state index is 13.3. The molecular formula is C19H26N2O4S. The number of sulfonamides is 1. The summed E-state index contributed by atoms with van der Waals surface area (Å²) in [4.78, 5) is 14.7. The van der Waals surface area contributed by atoms with Gasteiger partial charge < -0.3 is 9.64 Å². The zero-order valence-electron chi connectivity index (χ0n) is 15.0. The summed E-state index contributed by atoms with van der Waals surface area (Å²) >= 11 is 0. The van der Waals surface area contributed by atoms with Crippen molar-refractivity contribution in [2.75, 3.05) is 39.4 Å². The lowest BCUT2D eigenvalue weighted by Gasteiger charge is -2.33. The fourth-order valence-corrected chi connectivity index (χ4v) is 5.81. The highest BCUT2D eigenvalue weighted by atomic mass is 32.2. The SMILES string of the molecule is O=C(c1ccccc1S(=O)(=O)N1CCCC(C2CC2)C1)N1CCOCC1. The van der Waals surface area contributed by atoms with Crippen LogP contribution < -0.4 is 0 Å². The number of nitrogens with zero attached hydrogens (tertiary/aromatic N) is 2. The molecule has 3 fully saturated rings. The number of morpholine rings is 1. The number of carbonyl (C=O) groups excluding carboxylic acids is 1. The van der Waals surface area contributed by atoms with Gasteiger partial charge in [-0.25, -0.2) is 8.42 Å². The zero-order valence-corrected chi connectivity index (χ0v) is 15.8. The third-order valence-corrected chi connectivity index (χ3v) is 7.67. The number of amides is 1. The molecule has 1 aromatic carbocycles. The first-order valence-corrected chi connectivity index (χ1v) is 11.0. The summed E-state index contributed by atoms with van der Waals surface area (Å²) in [6.45, 7) is 3.13. The second-order valence-corrected chi connectivity index (χ2v) is 9.41. The van der Waals surface area contributed by atoms with E-state index in [1.54, 1.807) is 33.5 Å². The van der Waals surface area contributed by atoms with Crippen LogP contribution in [0.4, 0.5) is 0 Å². The van der Waals surface area contributed by atoms with Gasteiger partial charge in [-0.3, -0.25) is 4.79 Å².